The summed E-state index contributed by atoms with van der Waals surface area (Å²) < 4.78 is 12.4. The lowest BCUT2D eigenvalue weighted by molar-refractivity contribution is -0.127. The fraction of sp³-hybridized carbons (Fsp3) is 0.562. The zero-order valence-corrected chi connectivity index (χ0v) is 14.5. The maximum absolute atomic E-state index is 11.9. The molecule has 8 nitrogen and oxygen atoms in total. The van der Waals surface area contributed by atoms with E-state index in [1.165, 1.54) is 0 Å². The van der Waals surface area contributed by atoms with Crippen LogP contribution in [0.3, 0.4) is 0 Å². The number of carbonyl (C=O) groups excluding carboxylic acids is 2. The molecule has 2 heterocycles. The van der Waals surface area contributed by atoms with Crippen molar-refractivity contribution < 1.29 is 19.1 Å². The number of amides is 2. The smallest absolute Gasteiger partial charge is 0.268 e. The molecule has 132 valence electrons. The molecule has 0 radical (unpaired) electrons. The number of nitrogens with zero attached hydrogens (tertiary/aromatic N) is 2. The van der Waals surface area contributed by atoms with Gasteiger partial charge in [-0.1, -0.05) is 13.8 Å². The predicted octanol–water partition coefficient (Wildman–Crippen LogP) is 0.602. The van der Waals surface area contributed by atoms with Crippen molar-refractivity contribution in [2.24, 2.45) is 0 Å². The summed E-state index contributed by atoms with van der Waals surface area (Å²) in [5, 5.41) is 5.11. The molecular weight excluding hydrogens is 312 g/mol. The van der Waals surface area contributed by atoms with Crippen molar-refractivity contribution in [2.45, 2.75) is 39.0 Å². The molecule has 2 N–H and O–H groups in total. The highest BCUT2D eigenvalue weighted by Crippen LogP contribution is 2.22. The Hall–Kier alpha value is -2.19. The van der Waals surface area contributed by atoms with E-state index in [0.29, 0.717) is 18.7 Å². The van der Waals surface area contributed by atoms with Gasteiger partial charge in [0.2, 0.25) is 5.91 Å². The number of carbonyl (C=O) groups is 2. The van der Waals surface area contributed by atoms with E-state index in [-0.39, 0.29) is 36.3 Å². The lowest BCUT2D eigenvalue weighted by Crippen LogP contribution is -2.46. The van der Waals surface area contributed by atoms with Gasteiger partial charge in [0.15, 0.2) is 6.29 Å². The average molecular weight is 336 g/mol. The number of hydrogen-bond donors (Lipinski definition) is 2. The highest BCUT2D eigenvalue weighted by molar-refractivity contribution is 6.05. The van der Waals surface area contributed by atoms with Crippen LogP contribution in [0, 0.1) is 0 Å². The quantitative estimate of drug-likeness (QED) is 0.562. The number of ether oxygens (including phenoxy) is 2. The second-order valence-electron chi connectivity index (χ2n) is 5.84. The van der Waals surface area contributed by atoms with Gasteiger partial charge in [-0.25, -0.2) is 4.98 Å². The van der Waals surface area contributed by atoms with Gasteiger partial charge in [0.1, 0.15) is 5.70 Å². The Bertz CT molecular complexity index is 632. The van der Waals surface area contributed by atoms with Crippen LogP contribution in [0.4, 0.5) is 0 Å². The largest absolute Gasteiger partial charge is 0.356 e. The van der Waals surface area contributed by atoms with Crippen LogP contribution < -0.4 is 10.6 Å². The van der Waals surface area contributed by atoms with Crippen molar-refractivity contribution in [2.75, 3.05) is 20.8 Å². The summed E-state index contributed by atoms with van der Waals surface area (Å²) in [5.41, 5.74) is 1.87. The number of rotatable bonds is 7. The third-order valence-electron chi connectivity index (χ3n) is 3.80. The molecule has 0 unspecified atom stereocenters. The lowest BCUT2D eigenvalue weighted by atomic mass is 10.1. The van der Waals surface area contributed by atoms with E-state index >= 15 is 0 Å². The number of piperazine rings is 1. The van der Waals surface area contributed by atoms with Gasteiger partial charge in [0, 0.05) is 32.9 Å². The standard InChI is InChI=1S/C16H24N4O4/c1-10(2)15-11(7-12-16(22)17-8-13(21)19-12)18-9-20(15)6-5-14(23-3)24-4/h7,9-10,14H,5-6,8H2,1-4H3,(H,17,22)(H,19,21). The number of methoxy groups -OCH3 is 2. The van der Waals surface area contributed by atoms with Crippen molar-refractivity contribution in [3.05, 3.63) is 23.4 Å². The van der Waals surface area contributed by atoms with Crippen LogP contribution >= 0.6 is 0 Å². The van der Waals surface area contributed by atoms with Gasteiger partial charge >= 0.3 is 0 Å². The molecule has 1 saturated heterocycles. The molecule has 24 heavy (non-hydrogen) atoms. The topological polar surface area (TPSA) is 94.5 Å². The van der Waals surface area contributed by atoms with Gasteiger partial charge in [-0.3, -0.25) is 9.59 Å². The van der Waals surface area contributed by atoms with E-state index in [0.717, 1.165) is 5.69 Å². The van der Waals surface area contributed by atoms with Gasteiger partial charge in [-0.2, -0.15) is 0 Å². The summed E-state index contributed by atoms with van der Waals surface area (Å²) in [6.07, 6.45) is 3.74. The molecule has 8 heteroatoms. The molecule has 1 aromatic heterocycles. The van der Waals surface area contributed by atoms with Crippen molar-refractivity contribution in [3.63, 3.8) is 0 Å². The van der Waals surface area contributed by atoms with E-state index in [1.807, 2.05) is 4.57 Å². The highest BCUT2D eigenvalue weighted by atomic mass is 16.7. The fourth-order valence-corrected chi connectivity index (χ4v) is 2.65. The monoisotopic (exact) mass is 336 g/mol. The Morgan fingerprint density at radius 2 is 2.04 bits per heavy atom. The Morgan fingerprint density at radius 1 is 1.33 bits per heavy atom. The number of imidazole rings is 1. The molecule has 0 aliphatic carbocycles. The van der Waals surface area contributed by atoms with Crippen molar-refractivity contribution in [1.82, 2.24) is 20.2 Å². The summed E-state index contributed by atoms with van der Waals surface area (Å²) >= 11 is 0. The molecule has 2 rings (SSSR count). The van der Waals surface area contributed by atoms with Crippen LogP contribution in [0.2, 0.25) is 0 Å². The van der Waals surface area contributed by atoms with Crippen molar-refractivity contribution in [3.8, 4) is 0 Å². The molecule has 1 fully saturated rings. The van der Waals surface area contributed by atoms with Crippen LogP contribution in [0.5, 0.6) is 0 Å². The second-order valence-corrected chi connectivity index (χ2v) is 5.84. The normalized spacial score (nSPS) is 16.8. The first-order valence-corrected chi connectivity index (χ1v) is 7.86. The summed E-state index contributed by atoms with van der Waals surface area (Å²) in [5.74, 6) is -0.350. The van der Waals surface area contributed by atoms with Crippen molar-refractivity contribution in [1.29, 1.82) is 0 Å². The van der Waals surface area contributed by atoms with Gasteiger partial charge in [0.25, 0.3) is 5.91 Å². The van der Waals surface area contributed by atoms with Crippen LogP contribution in [-0.2, 0) is 25.6 Å². The van der Waals surface area contributed by atoms with E-state index < -0.39 is 0 Å². The maximum Gasteiger partial charge on any atom is 0.268 e. The zero-order valence-electron chi connectivity index (χ0n) is 14.5. The van der Waals surface area contributed by atoms with Gasteiger partial charge in [0.05, 0.1) is 18.6 Å². The first-order valence-electron chi connectivity index (χ1n) is 7.86. The molecule has 0 atom stereocenters. The highest BCUT2D eigenvalue weighted by Gasteiger charge is 2.21. The van der Waals surface area contributed by atoms with Gasteiger partial charge in [-0.05, 0) is 12.0 Å². The lowest BCUT2D eigenvalue weighted by Gasteiger charge is -2.17. The number of aromatic nitrogens is 2. The van der Waals surface area contributed by atoms with E-state index in [4.69, 9.17) is 9.47 Å². The predicted molar refractivity (Wildman–Crippen MR) is 87.9 cm³/mol. The summed E-state index contributed by atoms with van der Waals surface area (Å²) in [6, 6.07) is 0. The molecule has 0 aromatic carbocycles. The number of aryl methyl sites for hydroxylation is 1. The number of nitrogens with one attached hydrogen (secondary N) is 2. The molecular formula is C16H24N4O4. The SMILES string of the molecule is COC(CCn1cnc(C=C2NC(=O)CNC2=O)c1C(C)C)OC. The Morgan fingerprint density at radius 3 is 2.67 bits per heavy atom. The minimum atomic E-state index is -0.308. The van der Waals surface area contributed by atoms with E-state index in [1.54, 1.807) is 26.6 Å². The molecule has 1 aromatic rings. The Balaban J connectivity index is 2.24. The van der Waals surface area contributed by atoms with E-state index in [2.05, 4.69) is 29.5 Å². The van der Waals surface area contributed by atoms with E-state index in [9.17, 15) is 9.59 Å². The molecule has 1 aliphatic heterocycles. The maximum atomic E-state index is 11.9. The third kappa shape index (κ3) is 4.21. The Labute approximate surface area is 141 Å². The Kier molecular flexibility index (Phi) is 6.10. The first kappa shape index (κ1) is 18.2. The molecule has 0 spiro atoms. The molecule has 0 bridgehead atoms. The molecule has 0 saturated carbocycles. The minimum absolute atomic E-state index is 0.00290. The summed E-state index contributed by atoms with van der Waals surface area (Å²) in [6.45, 7) is 4.78. The van der Waals surface area contributed by atoms with Gasteiger partial charge in [-0.15, -0.1) is 0 Å². The van der Waals surface area contributed by atoms with Crippen LogP contribution in [-0.4, -0.2) is 48.4 Å². The summed E-state index contributed by atoms with van der Waals surface area (Å²) in [7, 11) is 3.21. The summed E-state index contributed by atoms with van der Waals surface area (Å²) in [4.78, 5) is 27.7. The minimum Gasteiger partial charge on any atom is -0.356 e. The molecule has 2 amide bonds. The third-order valence-corrected chi connectivity index (χ3v) is 3.80. The van der Waals surface area contributed by atoms with Crippen molar-refractivity contribution >= 4 is 17.9 Å². The second kappa shape index (κ2) is 8.07. The van der Waals surface area contributed by atoms with Crippen LogP contribution in [0.25, 0.3) is 6.08 Å². The number of hydrogen-bond acceptors (Lipinski definition) is 5. The molecule has 1 aliphatic rings. The van der Waals surface area contributed by atoms with Gasteiger partial charge < -0.3 is 24.7 Å². The van der Waals surface area contributed by atoms with Crippen LogP contribution in [0.15, 0.2) is 12.0 Å². The van der Waals surface area contributed by atoms with Crippen LogP contribution in [0.1, 0.15) is 37.6 Å². The first-order chi connectivity index (χ1) is 11.5. The zero-order chi connectivity index (χ0) is 17.7. The fourth-order valence-electron chi connectivity index (χ4n) is 2.65. The average Bonchev–Trinajstić information content (AvgIpc) is 2.95.